The van der Waals surface area contributed by atoms with Crippen molar-refractivity contribution in [2.24, 2.45) is 11.8 Å². The zero-order valence-corrected chi connectivity index (χ0v) is 24.6. The maximum atomic E-state index is 13.3. The number of hydrogen-bond donors (Lipinski definition) is 1. The summed E-state index contributed by atoms with van der Waals surface area (Å²) in [4.78, 5) is 36.5. The minimum absolute atomic E-state index is 0.0503. The van der Waals surface area contributed by atoms with Gasteiger partial charge in [0.2, 0.25) is 5.91 Å². The number of alkyl carbamates (subject to hydrolysis) is 1. The summed E-state index contributed by atoms with van der Waals surface area (Å²) in [5.41, 5.74) is -0.638. The predicted molar refractivity (Wildman–Crippen MR) is 146 cm³/mol. The summed E-state index contributed by atoms with van der Waals surface area (Å²) in [5, 5.41) is 3.47. The molecule has 9 nitrogen and oxygen atoms in total. The molecule has 2 atom stereocenters. The van der Waals surface area contributed by atoms with Gasteiger partial charge in [-0.2, -0.15) is 0 Å². The third-order valence-electron chi connectivity index (χ3n) is 7.06. The molecule has 206 valence electrons. The maximum absolute atomic E-state index is 13.3. The first-order valence-corrected chi connectivity index (χ1v) is 14.2. The number of hydrogen-bond acceptors (Lipinski definition) is 8. The van der Waals surface area contributed by atoms with Gasteiger partial charge in [0.05, 0.1) is 11.2 Å². The van der Waals surface area contributed by atoms with Crippen molar-refractivity contribution in [2.75, 3.05) is 18.8 Å². The Morgan fingerprint density at radius 2 is 1.78 bits per heavy atom. The van der Waals surface area contributed by atoms with Gasteiger partial charge in [0, 0.05) is 36.7 Å². The molecule has 1 N–H and O–H groups in total. The smallest absolute Gasteiger partial charge is 0.444 e. The van der Waals surface area contributed by atoms with Crippen LogP contribution in [0, 0.1) is 11.8 Å². The topological polar surface area (TPSA) is 103 Å². The minimum atomic E-state index is -0.618. The number of ether oxygens (including phenoxy) is 1. The van der Waals surface area contributed by atoms with Gasteiger partial charge in [0.1, 0.15) is 11.6 Å². The molecule has 0 radical (unpaired) electrons. The van der Waals surface area contributed by atoms with E-state index in [9.17, 15) is 9.59 Å². The van der Waals surface area contributed by atoms with Crippen molar-refractivity contribution in [3.8, 4) is 0 Å². The van der Waals surface area contributed by atoms with Gasteiger partial charge in [-0.25, -0.2) is 14.8 Å². The van der Waals surface area contributed by atoms with Crippen molar-refractivity contribution in [1.29, 1.82) is 0 Å². The molecule has 2 amide bonds. The fraction of sp³-hybridized carbons (Fsp3) is 0.769. The number of rotatable bonds is 7. The molecular weight excluding hydrogens is 491 g/mol. The van der Waals surface area contributed by atoms with Gasteiger partial charge in [-0.1, -0.05) is 25.6 Å². The third kappa shape index (κ3) is 7.83. The van der Waals surface area contributed by atoms with Crippen LogP contribution in [0.5, 0.6) is 0 Å². The number of piperidine rings is 1. The highest BCUT2D eigenvalue weighted by Gasteiger charge is 2.52. The molecular formula is C26H43BN4O5S. The van der Waals surface area contributed by atoms with Crippen LogP contribution in [-0.2, 0) is 18.8 Å². The minimum Gasteiger partial charge on any atom is -0.444 e. The summed E-state index contributed by atoms with van der Waals surface area (Å²) in [6, 6.07) is -0.618. The molecule has 0 aromatic carbocycles. The van der Waals surface area contributed by atoms with Gasteiger partial charge in [-0.15, -0.1) is 0 Å². The zero-order valence-electron chi connectivity index (χ0n) is 23.8. The van der Waals surface area contributed by atoms with Crippen LogP contribution >= 0.6 is 11.8 Å². The highest BCUT2D eigenvalue weighted by Crippen LogP contribution is 2.36. The van der Waals surface area contributed by atoms with Crippen LogP contribution in [0.4, 0.5) is 4.79 Å². The van der Waals surface area contributed by atoms with E-state index < -0.39 is 36.1 Å². The summed E-state index contributed by atoms with van der Waals surface area (Å²) >= 11 is 1.59. The van der Waals surface area contributed by atoms with E-state index in [0.717, 1.165) is 24.1 Å². The van der Waals surface area contributed by atoms with E-state index in [2.05, 4.69) is 15.3 Å². The lowest BCUT2D eigenvalue weighted by atomic mass is 9.81. The number of aromatic nitrogens is 2. The molecule has 2 saturated heterocycles. The molecule has 1 aromatic heterocycles. The average Bonchev–Trinajstić information content (AvgIpc) is 3.01. The van der Waals surface area contributed by atoms with Gasteiger partial charge in [-0.05, 0) is 73.1 Å². The zero-order chi connectivity index (χ0) is 27.6. The molecule has 0 unspecified atom stereocenters. The molecule has 0 spiro atoms. The van der Waals surface area contributed by atoms with E-state index in [4.69, 9.17) is 14.0 Å². The maximum Gasteiger partial charge on any atom is 0.498 e. The number of nitrogens with one attached hydrogen (secondary N) is 1. The molecule has 2 aliphatic heterocycles. The largest absolute Gasteiger partial charge is 0.498 e. The van der Waals surface area contributed by atoms with Crippen molar-refractivity contribution in [3.63, 3.8) is 0 Å². The average molecular weight is 535 g/mol. The SMILES string of the molecule is CC(C)[C@@H](NC(=O)OC(C)(C)C)C(=O)N1CCC[C@@H](CSc2ncc(B3OC(C)(C)C(C)(C)O3)cn2)C1. The van der Waals surface area contributed by atoms with Crippen molar-refractivity contribution >= 4 is 36.3 Å². The molecule has 2 fully saturated rings. The van der Waals surface area contributed by atoms with Crippen LogP contribution in [0.3, 0.4) is 0 Å². The Morgan fingerprint density at radius 3 is 2.32 bits per heavy atom. The first-order chi connectivity index (χ1) is 17.1. The highest BCUT2D eigenvalue weighted by atomic mass is 32.2. The molecule has 37 heavy (non-hydrogen) atoms. The summed E-state index contributed by atoms with van der Waals surface area (Å²) in [6.07, 6.45) is 4.93. The van der Waals surface area contributed by atoms with E-state index >= 15 is 0 Å². The van der Waals surface area contributed by atoms with Crippen LogP contribution in [0.2, 0.25) is 0 Å². The standard InChI is InChI=1S/C26H43BN4O5S/c1-17(2)20(30-23(33)34-24(3,4)5)21(32)31-12-10-11-18(15-31)16-37-22-28-13-19(14-29-22)27-35-25(6,7)26(8,9)36-27/h13-14,17-18,20H,10-12,15-16H2,1-9H3,(H,30,33)/t18-,20-/m1/s1. The van der Waals surface area contributed by atoms with Gasteiger partial charge in [0.15, 0.2) is 5.16 Å². The fourth-order valence-electron chi connectivity index (χ4n) is 4.24. The van der Waals surface area contributed by atoms with Crippen molar-refractivity contribution in [1.82, 2.24) is 20.2 Å². The van der Waals surface area contributed by atoms with Gasteiger partial charge in [-0.3, -0.25) is 4.79 Å². The second-order valence-corrected chi connectivity index (χ2v) is 13.3. The van der Waals surface area contributed by atoms with Gasteiger partial charge < -0.3 is 24.3 Å². The second kappa shape index (κ2) is 11.5. The lowest BCUT2D eigenvalue weighted by molar-refractivity contribution is -0.136. The Bertz CT molecular complexity index is 935. The van der Waals surface area contributed by atoms with Crippen LogP contribution in [-0.4, -0.2) is 75.7 Å². The Labute approximate surface area is 226 Å². The molecule has 2 aliphatic rings. The first kappa shape index (κ1) is 29.7. The molecule has 0 saturated carbocycles. The summed E-state index contributed by atoms with van der Waals surface area (Å²) in [7, 11) is -0.481. The van der Waals surface area contributed by atoms with Crippen molar-refractivity contribution in [2.45, 2.75) is 103 Å². The first-order valence-electron chi connectivity index (χ1n) is 13.2. The molecule has 3 heterocycles. The number of likely N-dealkylation sites (tertiary alicyclic amines) is 1. The van der Waals surface area contributed by atoms with E-state index in [1.165, 1.54) is 0 Å². The normalized spacial score (nSPS) is 22.2. The Kier molecular flexibility index (Phi) is 9.23. The molecule has 0 aliphatic carbocycles. The Hall–Kier alpha value is -1.85. The quantitative estimate of drug-likeness (QED) is 0.321. The Balaban J connectivity index is 1.53. The summed E-state index contributed by atoms with van der Waals surface area (Å²) in [5.74, 6) is 1.03. The van der Waals surface area contributed by atoms with Crippen molar-refractivity contribution < 1.29 is 23.6 Å². The molecule has 0 bridgehead atoms. The van der Waals surface area contributed by atoms with E-state index in [1.54, 1.807) is 44.9 Å². The fourth-order valence-corrected chi connectivity index (χ4v) is 5.15. The van der Waals surface area contributed by atoms with Crippen molar-refractivity contribution in [3.05, 3.63) is 12.4 Å². The van der Waals surface area contributed by atoms with Gasteiger partial charge >= 0.3 is 13.2 Å². The number of nitrogens with zero attached hydrogens (tertiary/aromatic N) is 3. The third-order valence-corrected chi connectivity index (χ3v) is 8.16. The number of carbonyl (C=O) groups is 2. The van der Waals surface area contributed by atoms with E-state index in [0.29, 0.717) is 24.2 Å². The Morgan fingerprint density at radius 1 is 1.19 bits per heavy atom. The molecule has 1 aromatic rings. The van der Waals surface area contributed by atoms with Gasteiger partial charge in [0.25, 0.3) is 0 Å². The lowest BCUT2D eigenvalue weighted by Crippen LogP contribution is -2.54. The lowest BCUT2D eigenvalue weighted by Gasteiger charge is -2.36. The van der Waals surface area contributed by atoms with Crippen LogP contribution < -0.4 is 10.8 Å². The van der Waals surface area contributed by atoms with Crippen LogP contribution in [0.15, 0.2) is 17.6 Å². The molecule has 3 rings (SSSR count). The van der Waals surface area contributed by atoms with E-state index in [1.807, 2.05) is 46.4 Å². The molecule has 11 heteroatoms. The number of carbonyl (C=O) groups excluding carboxylic acids is 2. The van der Waals surface area contributed by atoms with Crippen LogP contribution in [0.1, 0.15) is 75.2 Å². The predicted octanol–water partition coefficient (Wildman–Crippen LogP) is 3.66. The highest BCUT2D eigenvalue weighted by molar-refractivity contribution is 7.99. The second-order valence-electron chi connectivity index (χ2n) is 12.4. The van der Waals surface area contributed by atoms with E-state index in [-0.39, 0.29) is 11.8 Å². The monoisotopic (exact) mass is 534 g/mol. The summed E-state index contributed by atoms with van der Waals surface area (Å²) in [6.45, 7) is 18.7. The van der Waals surface area contributed by atoms with Crippen LogP contribution in [0.25, 0.3) is 0 Å². The summed E-state index contributed by atoms with van der Waals surface area (Å²) < 4.78 is 17.5. The number of thioether (sulfide) groups is 1. The number of amides is 2.